The van der Waals surface area contributed by atoms with Gasteiger partial charge in [0.15, 0.2) is 0 Å². The van der Waals surface area contributed by atoms with Crippen LogP contribution in [-0.4, -0.2) is 25.5 Å². The van der Waals surface area contributed by atoms with Crippen LogP contribution in [0.2, 0.25) is 0 Å². The number of nitrogens with one attached hydrogen (secondary N) is 1. The third kappa shape index (κ3) is 5.56. The van der Waals surface area contributed by atoms with E-state index in [2.05, 4.69) is 11.4 Å². The minimum atomic E-state index is -0.142. The molecule has 0 aromatic heterocycles. The van der Waals surface area contributed by atoms with Crippen molar-refractivity contribution < 1.29 is 4.79 Å². The number of hydrogen-bond donors (Lipinski definition) is 1. The van der Waals surface area contributed by atoms with Crippen LogP contribution in [0.15, 0.2) is 30.3 Å². The number of hydrogen-bond acceptors (Lipinski definition) is 4. The molecule has 1 aromatic carbocycles. The second-order valence-corrected chi connectivity index (χ2v) is 3.92. The molecule has 0 aliphatic heterocycles. The molecule has 0 saturated carbocycles. The fourth-order valence-corrected chi connectivity index (χ4v) is 1.61. The van der Waals surface area contributed by atoms with E-state index in [4.69, 9.17) is 10.5 Å². The van der Waals surface area contributed by atoms with Crippen molar-refractivity contribution >= 4 is 11.6 Å². The van der Waals surface area contributed by atoms with Gasteiger partial charge in [0, 0.05) is 18.8 Å². The van der Waals surface area contributed by atoms with E-state index in [0.29, 0.717) is 25.9 Å². The van der Waals surface area contributed by atoms with Crippen molar-refractivity contribution in [3.63, 3.8) is 0 Å². The Morgan fingerprint density at radius 1 is 1.16 bits per heavy atom. The van der Waals surface area contributed by atoms with Gasteiger partial charge in [0.25, 0.3) is 0 Å². The van der Waals surface area contributed by atoms with Crippen LogP contribution in [0.25, 0.3) is 0 Å². The number of carbonyl (C=O) groups excluding carboxylic acids is 1. The Balaban J connectivity index is 2.58. The van der Waals surface area contributed by atoms with Crippen molar-refractivity contribution in [1.29, 1.82) is 10.5 Å². The number of para-hydroxylation sites is 1. The third-order valence-electron chi connectivity index (χ3n) is 2.51. The summed E-state index contributed by atoms with van der Waals surface area (Å²) < 4.78 is 0. The molecular formula is C14H16N4O. The van der Waals surface area contributed by atoms with E-state index < -0.39 is 0 Å². The first-order valence-corrected chi connectivity index (χ1v) is 6.08. The molecular weight excluding hydrogens is 240 g/mol. The number of nitrogens with zero attached hydrogens (tertiary/aromatic N) is 3. The predicted molar refractivity (Wildman–Crippen MR) is 72.1 cm³/mol. The number of anilines is 1. The van der Waals surface area contributed by atoms with E-state index in [0.717, 1.165) is 5.69 Å². The lowest BCUT2D eigenvalue weighted by atomic mass is 10.2. The topological polar surface area (TPSA) is 79.9 Å². The monoisotopic (exact) mass is 256 g/mol. The summed E-state index contributed by atoms with van der Waals surface area (Å²) in [6, 6.07) is 13.5. The summed E-state index contributed by atoms with van der Waals surface area (Å²) >= 11 is 0. The maximum atomic E-state index is 11.7. The van der Waals surface area contributed by atoms with E-state index in [1.807, 2.05) is 41.3 Å². The van der Waals surface area contributed by atoms with Crippen LogP contribution in [0, 0.1) is 22.7 Å². The summed E-state index contributed by atoms with van der Waals surface area (Å²) in [7, 11) is 0. The molecule has 0 heterocycles. The van der Waals surface area contributed by atoms with E-state index in [-0.39, 0.29) is 12.5 Å². The van der Waals surface area contributed by atoms with Gasteiger partial charge in [0.05, 0.1) is 31.5 Å². The van der Waals surface area contributed by atoms with Crippen LogP contribution in [-0.2, 0) is 4.79 Å². The molecule has 0 aliphatic carbocycles. The maximum Gasteiger partial charge on any atom is 0.239 e. The van der Waals surface area contributed by atoms with Gasteiger partial charge in [0.1, 0.15) is 0 Å². The Bertz CT molecular complexity index is 472. The Hall–Kier alpha value is -2.53. The fraction of sp³-hybridized carbons (Fsp3) is 0.357. The minimum Gasteiger partial charge on any atom is -0.361 e. The zero-order valence-electron chi connectivity index (χ0n) is 10.7. The van der Waals surface area contributed by atoms with Crippen molar-refractivity contribution in [3.8, 4) is 12.1 Å². The van der Waals surface area contributed by atoms with Gasteiger partial charge in [0.2, 0.25) is 5.91 Å². The van der Waals surface area contributed by atoms with E-state index in [1.54, 1.807) is 0 Å². The van der Waals surface area contributed by atoms with Crippen LogP contribution >= 0.6 is 0 Å². The zero-order valence-corrected chi connectivity index (χ0v) is 10.7. The van der Waals surface area contributed by atoms with Crippen LogP contribution in [0.1, 0.15) is 12.8 Å². The average molecular weight is 256 g/mol. The van der Waals surface area contributed by atoms with E-state index in [9.17, 15) is 4.79 Å². The first kappa shape index (κ1) is 14.5. The van der Waals surface area contributed by atoms with Crippen molar-refractivity contribution in [2.45, 2.75) is 12.8 Å². The molecule has 0 unspecified atom stereocenters. The minimum absolute atomic E-state index is 0.142. The number of carbonyl (C=O) groups is 1. The molecule has 5 nitrogen and oxygen atoms in total. The SMILES string of the molecule is N#CCCNC(=O)CN(CCC#N)c1ccccc1. The summed E-state index contributed by atoms with van der Waals surface area (Å²) in [6.45, 7) is 1.06. The number of benzene rings is 1. The first-order valence-electron chi connectivity index (χ1n) is 6.08. The highest BCUT2D eigenvalue weighted by molar-refractivity contribution is 5.81. The molecule has 0 radical (unpaired) electrons. The molecule has 1 aromatic rings. The molecule has 5 heteroatoms. The quantitative estimate of drug-likeness (QED) is 0.748. The summed E-state index contributed by atoms with van der Waals surface area (Å²) in [5.41, 5.74) is 0.910. The fourth-order valence-electron chi connectivity index (χ4n) is 1.61. The molecule has 0 bridgehead atoms. The van der Waals surface area contributed by atoms with Crippen molar-refractivity contribution in [2.24, 2.45) is 0 Å². The molecule has 0 spiro atoms. The normalized spacial score (nSPS) is 9.16. The third-order valence-corrected chi connectivity index (χ3v) is 2.51. The maximum absolute atomic E-state index is 11.7. The lowest BCUT2D eigenvalue weighted by molar-refractivity contribution is -0.119. The van der Waals surface area contributed by atoms with Gasteiger partial charge in [-0.1, -0.05) is 18.2 Å². The summed E-state index contributed by atoms with van der Waals surface area (Å²) in [6.07, 6.45) is 0.662. The van der Waals surface area contributed by atoms with Crippen molar-refractivity contribution in [2.75, 3.05) is 24.5 Å². The Kier molecular flexibility index (Phi) is 6.53. The molecule has 0 aliphatic rings. The predicted octanol–water partition coefficient (Wildman–Crippen LogP) is 1.44. The first-order chi connectivity index (χ1) is 9.27. The highest BCUT2D eigenvalue weighted by atomic mass is 16.2. The van der Waals surface area contributed by atoms with Crippen LogP contribution in [0.5, 0.6) is 0 Å². The van der Waals surface area contributed by atoms with Gasteiger partial charge in [-0.15, -0.1) is 0 Å². The Labute approximate surface area is 113 Å². The van der Waals surface area contributed by atoms with E-state index in [1.165, 1.54) is 0 Å². The summed E-state index contributed by atoms with van der Waals surface area (Å²) in [5.74, 6) is -0.142. The molecule has 19 heavy (non-hydrogen) atoms. The highest BCUT2D eigenvalue weighted by Gasteiger charge is 2.10. The second kappa shape index (κ2) is 8.54. The molecule has 0 fully saturated rings. The molecule has 1 rings (SSSR count). The molecule has 98 valence electrons. The molecule has 0 saturated heterocycles. The van der Waals surface area contributed by atoms with Gasteiger partial charge in [-0.3, -0.25) is 4.79 Å². The standard InChI is InChI=1S/C14H16N4O/c15-8-4-10-17-14(19)12-18(11-5-9-16)13-6-2-1-3-7-13/h1-3,6-7H,4-5,10-12H2,(H,17,19). The average Bonchev–Trinajstić information content (AvgIpc) is 2.44. The van der Waals surface area contributed by atoms with Gasteiger partial charge < -0.3 is 10.2 Å². The summed E-state index contributed by atoms with van der Waals surface area (Å²) in [4.78, 5) is 13.6. The molecule has 0 atom stereocenters. The lowest BCUT2D eigenvalue weighted by Crippen LogP contribution is -2.38. The zero-order chi connectivity index (χ0) is 13.9. The largest absolute Gasteiger partial charge is 0.361 e. The van der Waals surface area contributed by atoms with Gasteiger partial charge >= 0.3 is 0 Å². The van der Waals surface area contributed by atoms with E-state index >= 15 is 0 Å². The Morgan fingerprint density at radius 3 is 2.47 bits per heavy atom. The lowest BCUT2D eigenvalue weighted by Gasteiger charge is -2.23. The van der Waals surface area contributed by atoms with Crippen molar-refractivity contribution in [1.82, 2.24) is 5.32 Å². The number of rotatable bonds is 7. The second-order valence-electron chi connectivity index (χ2n) is 3.92. The van der Waals surface area contributed by atoms with Gasteiger partial charge in [-0.25, -0.2) is 0 Å². The number of amides is 1. The molecule has 1 N–H and O–H groups in total. The van der Waals surface area contributed by atoms with Gasteiger partial charge in [-0.2, -0.15) is 10.5 Å². The Morgan fingerprint density at radius 2 is 1.84 bits per heavy atom. The smallest absolute Gasteiger partial charge is 0.239 e. The van der Waals surface area contributed by atoms with Gasteiger partial charge in [-0.05, 0) is 12.1 Å². The number of nitriles is 2. The summed E-state index contributed by atoms with van der Waals surface area (Å²) in [5, 5.41) is 19.7. The molecule has 1 amide bonds. The van der Waals surface area contributed by atoms with Crippen molar-refractivity contribution in [3.05, 3.63) is 30.3 Å². The van der Waals surface area contributed by atoms with Crippen LogP contribution in [0.3, 0.4) is 0 Å². The van der Waals surface area contributed by atoms with Crippen LogP contribution in [0.4, 0.5) is 5.69 Å². The van der Waals surface area contributed by atoms with Crippen LogP contribution < -0.4 is 10.2 Å². The highest BCUT2D eigenvalue weighted by Crippen LogP contribution is 2.12.